The maximum Gasteiger partial charge on any atom is 0.253 e. The van der Waals surface area contributed by atoms with Gasteiger partial charge in [-0.15, -0.1) is 6.58 Å². The van der Waals surface area contributed by atoms with E-state index in [4.69, 9.17) is 0 Å². The quantitative estimate of drug-likeness (QED) is 0.816. The summed E-state index contributed by atoms with van der Waals surface area (Å²) in [5, 5.41) is 3.07. The van der Waals surface area contributed by atoms with Crippen LogP contribution in [0.1, 0.15) is 28.3 Å². The van der Waals surface area contributed by atoms with Crippen molar-refractivity contribution in [2.75, 3.05) is 13.1 Å². The molecule has 1 heterocycles. The van der Waals surface area contributed by atoms with Crippen LogP contribution in [-0.4, -0.2) is 35.3 Å². The average Bonchev–Trinajstić information content (AvgIpc) is 3.00. The number of carbonyl (C=O) groups excluding carboxylic acids is 2. The van der Waals surface area contributed by atoms with Crippen LogP contribution in [0.4, 0.5) is 0 Å². The van der Waals surface area contributed by atoms with Gasteiger partial charge in [-0.1, -0.05) is 66.8 Å². The highest BCUT2D eigenvalue weighted by atomic mass is 16.2. The molecule has 1 N–H and O–H groups in total. The predicted molar refractivity (Wildman–Crippen MR) is 110 cm³/mol. The molecule has 4 heteroatoms. The summed E-state index contributed by atoms with van der Waals surface area (Å²) in [5.41, 5.74) is 0.807. The molecule has 2 aromatic rings. The van der Waals surface area contributed by atoms with E-state index in [-0.39, 0.29) is 23.7 Å². The van der Waals surface area contributed by atoms with Crippen LogP contribution in [-0.2, 0) is 4.79 Å². The lowest BCUT2D eigenvalue weighted by atomic mass is 9.73. The first-order valence-electron chi connectivity index (χ1n) is 9.66. The lowest BCUT2D eigenvalue weighted by molar-refractivity contribution is -0.131. The topological polar surface area (TPSA) is 49.4 Å². The van der Waals surface area contributed by atoms with Crippen molar-refractivity contribution in [3.63, 3.8) is 0 Å². The van der Waals surface area contributed by atoms with Crippen LogP contribution in [0.5, 0.6) is 0 Å². The maximum absolute atomic E-state index is 13.3. The minimum absolute atomic E-state index is 0.0165. The molecule has 0 aromatic heterocycles. The molecule has 3 unspecified atom stereocenters. The van der Waals surface area contributed by atoms with Gasteiger partial charge < -0.3 is 10.2 Å². The summed E-state index contributed by atoms with van der Waals surface area (Å²) in [6.07, 6.45) is 6.55. The second kappa shape index (κ2) is 7.47. The summed E-state index contributed by atoms with van der Waals surface area (Å²) in [4.78, 5) is 27.9. The van der Waals surface area contributed by atoms with Crippen molar-refractivity contribution in [2.24, 2.45) is 5.92 Å². The molecule has 0 spiro atoms. The van der Waals surface area contributed by atoms with Gasteiger partial charge in [-0.25, -0.2) is 0 Å². The highest BCUT2D eigenvalue weighted by molar-refractivity contribution is 6.01. The highest BCUT2D eigenvalue weighted by Gasteiger charge is 2.55. The van der Waals surface area contributed by atoms with E-state index in [0.29, 0.717) is 18.7 Å². The molecule has 1 saturated heterocycles. The van der Waals surface area contributed by atoms with Gasteiger partial charge in [0.05, 0.1) is 0 Å². The Bertz CT molecular complexity index is 907. The largest absolute Gasteiger partial charge is 0.336 e. The minimum atomic E-state index is -0.985. The SMILES string of the molecule is C=CCN1CC2CC(c3ccccc3)C=CC2(NC(=O)c2ccccc2)C1=O. The van der Waals surface area contributed by atoms with Crippen molar-refractivity contribution in [2.45, 2.75) is 17.9 Å². The van der Waals surface area contributed by atoms with E-state index in [1.54, 1.807) is 23.1 Å². The molecule has 4 rings (SSSR count). The number of benzene rings is 2. The zero-order valence-electron chi connectivity index (χ0n) is 15.8. The van der Waals surface area contributed by atoms with E-state index < -0.39 is 5.54 Å². The Kier molecular flexibility index (Phi) is 4.86. The third-order valence-electron chi connectivity index (χ3n) is 5.79. The lowest BCUT2D eigenvalue weighted by Crippen LogP contribution is -2.57. The molecule has 3 atom stereocenters. The molecule has 0 saturated carbocycles. The van der Waals surface area contributed by atoms with Crippen molar-refractivity contribution >= 4 is 11.8 Å². The Morgan fingerprint density at radius 2 is 1.82 bits per heavy atom. The van der Waals surface area contributed by atoms with Crippen LogP contribution in [0.25, 0.3) is 0 Å². The first kappa shape index (κ1) is 18.2. The molecule has 0 bridgehead atoms. The second-order valence-corrected chi connectivity index (χ2v) is 7.50. The molecule has 4 nitrogen and oxygen atoms in total. The Morgan fingerprint density at radius 1 is 1.14 bits per heavy atom. The molecule has 2 aliphatic rings. The normalized spacial score (nSPS) is 26.0. The number of nitrogens with zero attached hydrogens (tertiary/aromatic N) is 1. The van der Waals surface area contributed by atoms with Gasteiger partial charge in [-0.05, 0) is 24.1 Å². The zero-order valence-corrected chi connectivity index (χ0v) is 15.8. The zero-order chi connectivity index (χ0) is 19.6. The molecule has 28 heavy (non-hydrogen) atoms. The first-order valence-corrected chi connectivity index (χ1v) is 9.66. The van der Waals surface area contributed by atoms with E-state index in [2.05, 4.69) is 30.1 Å². The number of allylic oxidation sites excluding steroid dienone is 1. The number of carbonyl (C=O) groups is 2. The number of fused-ring (bicyclic) bond motifs is 1. The third kappa shape index (κ3) is 3.15. The van der Waals surface area contributed by atoms with Crippen LogP contribution < -0.4 is 5.32 Å². The van der Waals surface area contributed by atoms with Gasteiger partial charge >= 0.3 is 0 Å². The van der Waals surface area contributed by atoms with Gasteiger partial charge in [0.25, 0.3) is 11.8 Å². The van der Waals surface area contributed by atoms with E-state index in [0.717, 1.165) is 6.42 Å². The monoisotopic (exact) mass is 372 g/mol. The van der Waals surface area contributed by atoms with Gasteiger partial charge in [-0.3, -0.25) is 9.59 Å². The average molecular weight is 372 g/mol. The number of nitrogens with one attached hydrogen (secondary N) is 1. The fourth-order valence-corrected chi connectivity index (χ4v) is 4.36. The molecule has 2 aromatic carbocycles. The van der Waals surface area contributed by atoms with Gasteiger partial charge in [0.2, 0.25) is 0 Å². The Hall–Kier alpha value is -3.14. The Morgan fingerprint density at radius 3 is 2.50 bits per heavy atom. The van der Waals surface area contributed by atoms with E-state index >= 15 is 0 Å². The molecule has 1 aliphatic carbocycles. The molecular weight excluding hydrogens is 348 g/mol. The number of rotatable bonds is 5. The highest BCUT2D eigenvalue weighted by Crippen LogP contribution is 2.42. The van der Waals surface area contributed by atoms with Crippen LogP contribution in [0.3, 0.4) is 0 Å². The summed E-state index contributed by atoms with van der Waals surface area (Å²) >= 11 is 0. The first-order chi connectivity index (χ1) is 13.6. The fraction of sp³-hybridized carbons (Fsp3) is 0.250. The molecule has 0 radical (unpaired) electrons. The Balaban J connectivity index is 1.67. The summed E-state index contributed by atoms with van der Waals surface area (Å²) in [5.74, 6) is -0.0149. The third-order valence-corrected chi connectivity index (χ3v) is 5.79. The molecular formula is C24H24N2O2. The molecule has 142 valence electrons. The molecule has 1 fully saturated rings. The summed E-state index contributed by atoms with van der Waals surface area (Å²) in [6.45, 7) is 4.88. The van der Waals surface area contributed by atoms with Gasteiger partial charge in [0.15, 0.2) is 0 Å². The molecule has 2 amide bonds. The van der Waals surface area contributed by atoms with E-state index in [1.807, 2.05) is 42.5 Å². The smallest absolute Gasteiger partial charge is 0.253 e. The number of hydrogen-bond acceptors (Lipinski definition) is 2. The lowest BCUT2D eigenvalue weighted by Gasteiger charge is -2.36. The number of hydrogen-bond donors (Lipinski definition) is 1. The van der Waals surface area contributed by atoms with Crippen molar-refractivity contribution in [1.82, 2.24) is 10.2 Å². The van der Waals surface area contributed by atoms with Gasteiger partial charge in [0.1, 0.15) is 5.54 Å². The number of amides is 2. The summed E-state index contributed by atoms with van der Waals surface area (Å²) < 4.78 is 0. The summed E-state index contributed by atoms with van der Waals surface area (Å²) in [7, 11) is 0. The predicted octanol–water partition coefficient (Wildman–Crippen LogP) is 3.54. The van der Waals surface area contributed by atoms with Gasteiger partial charge in [0, 0.05) is 30.5 Å². The number of likely N-dealkylation sites (tertiary alicyclic amines) is 1. The van der Waals surface area contributed by atoms with Crippen molar-refractivity contribution in [3.05, 3.63) is 96.6 Å². The van der Waals surface area contributed by atoms with Gasteiger partial charge in [-0.2, -0.15) is 0 Å². The van der Waals surface area contributed by atoms with Crippen LogP contribution >= 0.6 is 0 Å². The molecule has 1 aliphatic heterocycles. The van der Waals surface area contributed by atoms with Crippen LogP contribution in [0.2, 0.25) is 0 Å². The van der Waals surface area contributed by atoms with Crippen molar-refractivity contribution < 1.29 is 9.59 Å². The van der Waals surface area contributed by atoms with Crippen LogP contribution in [0, 0.1) is 5.92 Å². The van der Waals surface area contributed by atoms with Crippen molar-refractivity contribution in [3.8, 4) is 0 Å². The summed E-state index contributed by atoms with van der Waals surface area (Å²) in [6, 6.07) is 19.4. The van der Waals surface area contributed by atoms with E-state index in [1.165, 1.54) is 5.56 Å². The van der Waals surface area contributed by atoms with E-state index in [9.17, 15) is 9.59 Å². The standard InChI is InChI=1S/C24H24N2O2/c1-2-15-26-17-21-16-20(18-9-5-3-6-10-18)13-14-24(21,23(26)28)25-22(27)19-11-7-4-8-12-19/h2-14,20-21H,1,15-17H2,(H,25,27). The minimum Gasteiger partial charge on any atom is -0.336 e. The van der Waals surface area contributed by atoms with Crippen LogP contribution in [0.15, 0.2) is 85.5 Å². The Labute approximate surface area is 165 Å². The van der Waals surface area contributed by atoms with Crippen molar-refractivity contribution in [1.29, 1.82) is 0 Å². The maximum atomic E-state index is 13.3. The second-order valence-electron chi connectivity index (χ2n) is 7.50. The fourth-order valence-electron chi connectivity index (χ4n) is 4.36.